The Morgan fingerprint density at radius 3 is 2.70 bits per heavy atom. The molecule has 2 aromatic carbocycles. The van der Waals surface area contributed by atoms with Crippen LogP contribution in [0, 0.1) is 5.92 Å². The third-order valence-electron chi connectivity index (χ3n) is 7.70. The van der Waals surface area contributed by atoms with Crippen LogP contribution in [-0.4, -0.2) is 54.0 Å². The fourth-order valence-corrected chi connectivity index (χ4v) is 5.90. The van der Waals surface area contributed by atoms with Crippen LogP contribution < -0.4 is 9.64 Å². The number of methoxy groups -OCH3 is 1. The van der Waals surface area contributed by atoms with Crippen LogP contribution in [0.5, 0.6) is 5.75 Å². The van der Waals surface area contributed by atoms with Crippen molar-refractivity contribution in [2.75, 3.05) is 25.1 Å². The zero-order valence-corrected chi connectivity index (χ0v) is 21.4. The number of amides is 1. The van der Waals surface area contributed by atoms with Crippen molar-refractivity contribution in [3.63, 3.8) is 0 Å². The smallest absolute Gasteiger partial charge is 0.326 e. The predicted octanol–water partition coefficient (Wildman–Crippen LogP) is 4.92. The van der Waals surface area contributed by atoms with Crippen LogP contribution in [0.4, 0.5) is 5.69 Å². The number of para-hydroxylation sites is 1. The summed E-state index contributed by atoms with van der Waals surface area (Å²) in [6, 6.07) is 17.1. The van der Waals surface area contributed by atoms with E-state index in [4.69, 9.17) is 9.47 Å². The molecule has 37 heavy (non-hydrogen) atoms. The number of benzene rings is 2. The number of carbonyl (C=O) groups is 2. The third kappa shape index (κ3) is 5.09. The Morgan fingerprint density at radius 2 is 2.00 bits per heavy atom. The number of fused-ring (bicyclic) bond motifs is 4. The van der Waals surface area contributed by atoms with Crippen LogP contribution in [-0.2, 0) is 14.3 Å². The van der Waals surface area contributed by atoms with E-state index in [1.54, 1.807) is 13.3 Å². The number of ether oxygens (including phenoxy) is 2. The average molecular weight is 500 g/mol. The SMILES string of the molecule is C=C[C@H]1C[C@H]2CCN1[C@H]([C@@H](OC(=O)CN(C(C)=O)c1ccccc1)c1ccnc3ccc(OC)cc13)C2. The molecule has 3 aromatic rings. The summed E-state index contributed by atoms with van der Waals surface area (Å²) in [5, 5.41) is 0.893. The van der Waals surface area contributed by atoms with Gasteiger partial charge in [-0.3, -0.25) is 19.5 Å². The van der Waals surface area contributed by atoms with E-state index in [0.717, 1.165) is 42.3 Å². The number of carbonyl (C=O) groups excluding carboxylic acids is 2. The summed E-state index contributed by atoms with van der Waals surface area (Å²) in [6.45, 7) is 6.31. The summed E-state index contributed by atoms with van der Waals surface area (Å²) in [5.74, 6) is 0.605. The monoisotopic (exact) mass is 499 g/mol. The van der Waals surface area contributed by atoms with Crippen molar-refractivity contribution in [3.05, 3.63) is 79.0 Å². The van der Waals surface area contributed by atoms with Gasteiger partial charge in [0.1, 0.15) is 18.4 Å². The minimum Gasteiger partial charge on any atom is -0.497 e. The van der Waals surface area contributed by atoms with Crippen molar-refractivity contribution in [2.45, 2.75) is 44.4 Å². The zero-order chi connectivity index (χ0) is 25.9. The van der Waals surface area contributed by atoms with Gasteiger partial charge in [0.25, 0.3) is 0 Å². The lowest BCUT2D eigenvalue weighted by Gasteiger charge is -2.51. The van der Waals surface area contributed by atoms with Gasteiger partial charge >= 0.3 is 5.97 Å². The molecule has 192 valence electrons. The third-order valence-corrected chi connectivity index (χ3v) is 7.70. The van der Waals surface area contributed by atoms with E-state index < -0.39 is 12.1 Å². The lowest BCUT2D eigenvalue weighted by atomic mass is 9.76. The quantitative estimate of drug-likeness (QED) is 0.324. The molecule has 0 radical (unpaired) electrons. The summed E-state index contributed by atoms with van der Waals surface area (Å²) in [7, 11) is 1.63. The van der Waals surface area contributed by atoms with Crippen LogP contribution in [0.25, 0.3) is 10.9 Å². The molecule has 7 nitrogen and oxygen atoms in total. The van der Waals surface area contributed by atoms with Crippen LogP contribution in [0.3, 0.4) is 0 Å². The number of aromatic nitrogens is 1. The number of piperidine rings is 3. The summed E-state index contributed by atoms with van der Waals surface area (Å²) in [5.41, 5.74) is 2.37. The summed E-state index contributed by atoms with van der Waals surface area (Å²) in [4.78, 5) is 34.3. The van der Waals surface area contributed by atoms with Gasteiger partial charge in [0.2, 0.25) is 5.91 Å². The van der Waals surface area contributed by atoms with Crippen LogP contribution in [0.2, 0.25) is 0 Å². The first-order valence-corrected chi connectivity index (χ1v) is 12.8. The first-order valence-electron chi connectivity index (χ1n) is 12.8. The maximum Gasteiger partial charge on any atom is 0.326 e. The molecule has 3 aliphatic rings. The molecule has 2 bridgehead atoms. The van der Waals surface area contributed by atoms with Crippen molar-refractivity contribution in [3.8, 4) is 5.75 Å². The maximum atomic E-state index is 13.5. The second-order valence-electron chi connectivity index (χ2n) is 9.87. The summed E-state index contributed by atoms with van der Waals surface area (Å²) < 4.78 is 11.8. The van der Waals surface area contributed by atoms with Gasteiger partial charge in [-0.2, -0.15) is 0 Å². The van der Waals surface area contributed by atoms with Gasteiger partial charge in [-0.15, -0.1) is 6.58 Å². The predicted molar refractivity (Wildman–Crippen MR) is 143 cm³/mol. The molecule has 1 amide bonds. The van der Waals surface area contributed by atoms with Crippen molar-refractivity contribution in [1.82, 2.24) is 9.88 Å². The topological polar surface area (TPSA) is 72.0 Å². The largest absolute Gasteiger partial charge is 0.497 e. The van der Waals surface area contributed by atoms with Crippen molar-refractivity contribution in [1.29, 1.82) is 0 Å². The van der Waals surface area contributed by atoms with Gasteiger partial charge in [0.15, 0.2) is 0 Å². The molecule has 6 rings (SSSR count). The highest BCUT2D eigenvalue weighted by Gasteiger charge is 2.44. The molecule has 0 saturated carbocycles. The van der Waals surface area contributed by atoms with Crippen molar-refractivity contribution in [2.24, 2.45) is 5.92 Å². The highest BCUT2D eigenvalue weighted by molar-refractivity contribution is 5.96. The first kappa shape index (κ1) is 25.0. The molecule has 7 heteroatoms. The molecule has 0 N–H and O–H groups in total. The normalized spacial score (nSPS) is 23.3. The van der Waals surface area contributed by atoms with E-state index in [2.05, 4.69) is 16.5 Å². The second kappa shape index (κ2) is 10.7. The molecule has 3 saturated heterocycles. The highest BCUT2D eigenvalue weighted by Crippen LogP contribution is 2.44. The van der Waals surface area contributed by atoms with Gasteiger partial charge in [0.05, 0.1) is 18.7 Å². The van der Waals surface area contributed by atoms with Gasteiger partial charge in [-0.1, -0.05) is 24.3 Å². The minimum absolute atomic E-state index is 0.00115. The number of anilines is 1. The van der Waals surface area contributed by atoms with Crippen LogP contribution in [0.1, 0.15) is 37.9 Å². The minimum atomic E-state index is -0.528. The van der Waals surface area contributed by atoms with E-state index in [-0.39, 0.29) is 24.5 Å². The van der Waals surface area contributed by atoms with E-state index >= 15 is 0 Å². The lowest BCUT2D eigenvalue weighted by molar-refractivity contribution is -0.156. The second-order valence-corrected chi connectivity index (χ2v) is 9.87. The number of pyridine rings is 1. The van der Waals surface area contributed by atoms with E-state index in [1.807, 2.05) is 60.7 Å². The fourth-order valence-electron chi connectivity index (χ4n) is 5.90. The van der Waals surface area contributed by atoms with Gasteiger partial charge in [-0.25, -0.2) is 0 Å². The number of hydrogen-bond acceptors (Lipinski definition) is 6. The fraction of sp³-hybridized carbons (Fsp3) is 0.367. The Morgan fingerprint density at radius 1 is 1.19 bits per heavy atom. The zero-order valence-electron chi connectivity index (χ0n) is 21.4. The number of nitrogens with zero attached hydrogens (tertiary/aromatic N) is 3. The van der Waals surface area contributed by atoms with E-state index in [1.165, 1.54) is 11.8 Å². The van der Waals surface area contributed by atoms with Gasteiger partial charge in [0, 0.05) is 35.8 Å². The molecular weight excluding hydrogens is 466 g/mol. The molecule has 3 aliphatic heterocycles. The molecule has 1 unspecified atom stereocenters. The summed E-state index contributed by atoms with van der Waals surface area (Å²) in [6.07, 6.45) is 6.40. The van der Waals surface area contributed by atoms with Crippen LogP contribution >= 0.6 is 0 Å². The Kier molecular flexibility index (Phi) is 7.24. The molecule has 1 aromatic heterocycles. The molecular formula is C30H33N3O4. The number of hydrogen-bond donors (Lipinski definition) is 0. The Hall–Kier alpha value is -3.71. The number of esters is 1. The summed E-state index contributed by atoms with van der Waals surface area (Å²) >= 11 is 0. The number of rotatable bonds is 8. The average Bonchev–Trinajstić information content (AvgIpc) is 2.94. The van der Waals surface area contributed by atoms with Crippen LogP contribution in [0.15, 0.2) is 73.4 Å². The standard InChI is InChI=1S/C30H33N3O4/c1-4-22-16-21-13-15-32(22)28(17-21)30(25-12-14-31-27-11-10-24(36-3)18-26(25)27)37-29(35)19-33(20(2)34)23-8-6-5-7-9-23/h4-12,14,18,21-22,28,30H,1,13,15-17,19H2,2-3H3/t21-,22+,28+,30+/m1/s1. The Balaban J connectivity index is 1.52. The van der Waals surface area contributed by atoms with Crippen molar-refractivity contribution < 1.29 is 19.1 Å². The Bertz CT molecular complexity index is 1290. The van der Waals surface area contributed by atoms with E-state index in [9.17, 15) is 9.59 Å². The molecule has 5 atom stereocenters. The highest BCUT2D eigenvalue weighted by atomic mass is 16.5. The van der Waals surface area contributed by atoms with Crippen molar-refractivity contribution >= 4 is 28.5 Å². The van der Waals surface area contributed by atoms with E-state index in [0.29, 0.717) is 17.4 Å². The lowest BCUT2D eigenvalue weighted by Crippen LogP contribution is -2.56. The maximum absolute atomic E-state index is 13.5. The molecule has 0 aliphatic carbocycles. The molecule has 4 heterocycles. The van der Waals surface area contributed by atoms with Gasteiger partial charge in [-0.05, 0) is 68.1 Å². The Labute approximate surface area is 217 Å². The molecule has 0 spiro atoms. The molecule has 3 fully saturated rings. The van der Waals surface area contributed by atoms with Gasteiger partial charge < -0.3 is 14.4 Å². The first-order chi connectivity index (χ1) is 18.0.